The van der Waals surface area contributed by atoms with Crippen LogP contribution in [0.15, 0.2) is 30.6 Å². The van der Waals surface area contributed by atoms with Crippen molar-refractivity contribution >= 4 is 11.6 Å². The van der Waals surface area contributed by atoms with E-state index in [0.717, 1.165) is 11.8 Å². The molecule has 24 heavy (non-hydrogen) atoms. The minimum atomic E-state index is -0.898. The Kier molecular flexibility index (Phi) is 3.42. The average Bonchev–Trinajstić information content (AvgIpc) is 3.15. The lowest BCUT2D eigenvalue weighted by Gasteiger charge is -2.27. The molecule has 0 aliphatic carbocycles. The van der Waals surface area contributed by atoms with Crippen LogP contribution in [0.5, 0.6) is 0 Å². The zero-order chi connectivity index (χ0) is 16.8. The number of hydrogen-bond acceptors (Lipinski definition) is 5. The largest absolute Gasteiger partial charge is 0.391 e. The summed E-state index contributed by atoms with van der Waals surface area (Å²) >= 11 is 0. The number of fused-ring (bicyclic) bond motifs is 1. The fourth-order valence-corrected chi connectivity index (χ4v) is 3.22. The third-order valence-electron chi connectivity index (χ3n) is 4.26. The molecule has 0 spiro atoms. The molecule has 2 atom stereocenters. The molecule has 3 heterocycles. The van der Waals surface area contributed by atoms with Gasteiger partial charge in [-0.15, -0.1) is 0 Å². The number of halogens is 2. The molecule has 1 aliphatic heterocycles. The van der Waals surface area contributed by atoms with Crippen molar-refractivity contribution < 1.29 is 13.9 Å². The maximum Gasteiger partial charge on any atom is 0.254 e. The van der Waals surface area contributed by atoms with Crippen molar-refractivity contribution in [3.8, 4) is 0 Å². The van der Waals surface area contributed by atoms with Gasteiger partial charge in [-0.1, -0.05) is 6.07 Å². The first kappa shape index (κ1) is 14.9. The minimum absolute atomic E-state index is 0.288. The summed E-state index contributed by atoms with van der Waals surface area (Å²) in [5.41, 5.74) is 1.36. The van der Waals surface area contributed by atoms with E-state index < -0.39 is 17.7 Å². The molecular weight excluding hydrogens is 316 g/mol. The van der Waals surface area contributed by atoms with Crippen molar-refractivity contribution in [3.63, 3.8) is 0 Å². The van der Waals surface area contributed by atoms with Crippen LogP contribution in [0.4, 0.5) is 14.6 Å². The first-order valence-corrected chi connectivity index (χ1v) is 7.60. The van der Waals surface area contributed by atoms with Gasteiger partial charge in [-0.3, -0.25) is 0 Å². The predicted octanol–water partition coefficient (Wildman–Crippen LogP) is 2.02. The van der Waals surface area contributed by atoms with Crippen LogP contribution in [-0.2, 0) is 0 Å². The van der Waals surface area contributed by atoms with Crippen molar-refractivity contribution in [2.45, 2.75) is 25.5 Å². The van der Waals surface area contributed by atoms with Gasteiger partial charge in [0.15, 0.2) is 11.6 Å². The number of aromatic nitrogens is 4. The first-order valence-electron chi connectivity index (χ1n) is 7.60. The molecule has 1 N–H and O–H groups in total. The van der Waals surface area contributed by atoms with E-state index in [1.165, 1.54) is 12.4 Å². The topological polar surface area (TPSA) is 66.5 Å². The highest BCUT2D eigenvalue weighted by Crippen LogP contribution is 2.36. The SMILES string of the molecule is Cc1cc(N2C[C@@H](O)C[C@@H]2c2ccc(F)c(F)c2)n2ncnc2n1. The van der Waals surface area contributed by atoms with E-state index in [2.05, 4.69) is 15.1 Å². The number of aryl methyl sites for hydroxylation is 1. The summed E-state index contributed by atoms with van der Waals surface area (Å²) < 4.78 is 28.4. The zero-order valence-electron chi connectivity index (χ0n) is 12.9. The van der Waals surface area contributed by atoms with Gasteiger partial charge in [0, 0.05) is 18.3 Å². The van der Waals surface area contributed by atoms with E-state index in [-0.39, 0.29) is 6.04 Å². The van der Waals surface area contributed by atoms with Crippen LogP contribution in [-0.4, -0.2) is 37.3 Å². The lowest BCUT2D eigenvalue weighted by molar-refractivity contribution is 0.194. The molecule has 1 saturated heterocycles. The number of nitrogens with zero attached hydrogens (tertiary/aromatic N) is 5. The van der Waals surface area contributed by atoms with E-state index in [0.29, 0.717) is 30.1 Å². The Morgan fingerprint density at radius 2 is 2.04 bits per heavy atom. The van der Waals surface area contributed by atoms with E-state index >= 15 is 0 Å². The second-order valence-corrected chi connectivity index (χ2v) is 5.96. The van der Waals surface area contributed by atoms with Gasteiger partial charge in [-0.25, -0.2) is 13.8 Å². The van der Waals surface area contributed by atoms with Gasteiger partial charge >= 0.3 is 0 Å². The second-order valence-electron chi connectivity index (χ2n) is 5.96. The molecule has 2 aromatic heterocycles. The molecule has 0 saturated carbocycles. The van der Waals surface area contributed by atoms with Gasteiger partial charge in [-0.2, -0.15) is 14.6 Å². The number of benzene rings is 1. The summed E-state index contributed by atoms with van der Waals surface area (Å²) in [6, 6.07) is 5.38. The van der Waals surface area contributed by atoms with Crippen molar-refractivity contribution in [1.82, 2.24) is 19.6 Å². The molecule has 124 valence electrons. The smallest absolute Gasteiger partial charge is 0.254 e. The lowest BCUT2D eigenvalue weighted by Crippen LogP contribution is -2.27. The summed E-state index contributed by atoms with van der Waals surface area (Å²) in [5.74, 6) is -0.621. The molecule has 0 amide bonds. The molecule has 1 aliphatic rings. The molecular formula is C16H15F2N5O. The van der Waals surface area contributed by atoms with Crippen molar-refractivity contribution in [2.24, 2.45) is 0 Å². The van der Waals surface area contributed by atoms with Crippen LogP contribution in [0.3, 0.4) is 0 Å². The molecule has 0 unspecified atom stereocenters. The monoisotopic (exact) mass is 331 g/mol. The van der Waals surface area contributed by atoms with Gasteiger partial charge in [0.05, 0.1) is 12.1 Å². The molecule has 0 radical (unpaired) electrons. The van der Waals surface area contributed by atoms with Crippen LogP contribution in [0.1, 0.15) is 23.7 Å². The maximum atomic E-state index is 13.6. The van der Waals surface area contributed by atoms with Crippen LogP contribution < -0.4 is 4.90 Å². The summed E-state index contributed by atoms with van der Waals surface area (Å²) in [6.45, 7) is 2.21. The average molecular weight is 331 g/mol. The highest BCUT2D eigenvalue weighted by atomic mass is 19.2. The van der Waals surface area contributed by atoms with Crippen LogP contribution >= 0.6 is 0 Å². The second kappa shape index (κ2) is 5.48. The molecule has 3 aromatic rings. The third-order valence-corrected chi connectivity index (χ3v) is 4.26. The maximum absolute atomic E-state index is 13.6. The number of aliphatic hydroxyl groups excluding tert-OH is 1. The van der Waals surface area contributed by atoms with E-state index in [1.54, 1.807) is 10.6 Å². The molecule has 1 aromatic carbocycles. The van der Waals surface area contributed by atoms with Gasteiger partial charge < -0.3 is 10.0 Å². The number of aliphatic hydroxyl groups is 1. The number of rotatable bonds is 2. The highest BCUT2D eigenvalue weighted by Gasteiger charge is 2.34. The Balaban J connectivity index is 1.82. The molecule has 1 fully saturated rings. The van der Waals surface area contributed by atoms with Gasteiger partial charge in [-0.05, 0) is 31.0 Å². The Bertz CT molecular complexity index is 913. The Morgan fingerprint density at radius 1 is 1.21 bits per heavy atom. The summed E-state index contributed by atoms with van der Waals surface area (Å²) in [7, 11) is 0. The van der Waals surface area contributed by atoms with Gasteiger partial charge in [0.25, 0.3) is 5.78 Å². The summed E-state index contributed by atoms with van der Waals surface area (Å²) in [6.07, 6.45) is 1.25. The van der Waals surface area contributed by atoms with Crippen LogP contribution in [0.2, 0.25) is 0 Å². The molecule has 0 bridgehead atoms. The first-order chi connectivity index (χ1) is 11.5. The van der Waals surface area contributed by atoms with E-state index in [9.17, 15) is 13.9 Å². The van der Waals surface area contributed by atoms with Gasteiger partial charge in [0.1, 0.15) is 12.1 Å². The standard InChI is InChI=1S/C16H15F2N5O/c1-9-4-15(23-16(21-9)19-8-20-23)22-7-11(24)6-14(22)10-2-3-12(17)13(18)5-10/h2-5,8,11,14,24H,6-7H2,1H3/t11-,14+/m0/s1. The van der Waals surface area contributed by atoms with Crippen LogP contribution in [0.25, 0.3) is 5.78 Å². The molecule has 4 rings (SSSR count). The molecule has 8 heteroatoms. The highest BCUT2D eigenvalue weighted by molar-refractivity contribution is 5.50. The quantitative estimate of drug-likeness (QED) is 0.778. The Labute approximate surface area is 136 Å². The summed E-state index contributed by atoms with van der Waals surface area (Å²) in [5, 5.41) is 14.3. The van der Waals surface area contributed by atoms with Crippen molar-refractivity contribution in [1.29, 1.82) is 0 Å². The Hall–Kier alpha value is -2.61. The molecule has 6 nitrogen and oxygen atoms in total. The van der Waals surface area contributed by atoms with Gasteiger partial charge in [0.2, 0.25) is 0 Å². The van der Waals surface area contributed by atoms with E-state index in [1.807, 2.05) is 17.9 Å². The van der Waals surface area contributed by atoms with Crippen LogP contribution in [0, 0.1) is 18.6 Å². The number of anilines is 1. The summed E-state index contributed by atoms with van der Waals surface area (Å²) in [4.78, 5) is 10.3. The van der Waals surface area contributed by atoms with Crippen molar-refractivity contribution in [3.05, 3.63) is 53.5 Å². The number of β-amino-alcohol motifs (C(OH)–C–C–N with tert-alkyl or cyclic N) is 1. The normalized spacial score (nSPS) is 20.9. The fraction of sp³-hybridized carbons (Fsp3) is 0.312. The predicted molar refractivity (Wildman–Crippen MR) is 82.6 cm³/mol. The lowest BCUT2D eigenvalue weighted by atomic mass is 10.0. The van der Waals surface area contributed by atoms with E-state index in [4.69, 9.17) is 0 Å². The minimum Gasteiger partial charge on any atom is -0.391 e. The zero-order valence-corrected chi connectivity index (χ0v) is 12.9. The fourth-order valence-electron chi connectivity index (χ4n) is 3.22. The van der Waals surface area contributed by atoms with Crippen molar-refractivity contribution in [2.75, 3.05) is 11.4 Å². The Morgan fingerprint density at radius 3 is 2.83 bits per heavy atom. The number of hydrogen-bond donors (Lipinski definition) is 1. The third kappa shape index (κ3) is 2.39.